The predicted octanol–water partition coefficient (Wildman–Crippen LogP) is 4.94. The largest absolute Gasteiger partial charge is 0.391 e. The van der Waals surface area contributed by atoms with Crippen LogP contribution in [0.1, 0.15) is 42.9 Å². The normalized spacial score (nSPS) is 11.5. The Labute approximate surface area is 138 Å². The molecule has 2 aromatic carbocycles. The van der Waals surface area contributed by atoms with Crippen molar-refractivity contribution in [3.8, 4) is 0 Å². The van der Waals surface area contributed by atoms with E-state index in [-0.39, 0.29) is 0 Å². The molecule has 0 amide bonds. The van der Waals surface area contributed by atoms with Gasteiger partial charge in [0.1, 0.15) is 6.61 Å². The Kier molecular flexibility index (Phi) is 7.34. The molecule has 0 saturated carbocycles. The van der Waals surface area contributed by atoms with Crippen LogP contribution in [0.25, 0.3) is 0 Å². The number of nitrogens with zero attached hydrogens (tertiary/aromatic N) is 1. The van der Waals surface area contributed by atoms with Crippen LogP contribution in [-0.4, -0.2) is 12.8 Å². The summed E-state index contributed by atoms with van der Waals surface area (Å²) in [6.07, 6.45) is 3.17. The van der Waals surface area contributed by atoms with Gasteiger partial charge in [-0.1, -0.05) is 73.1 Å². The van der Waals surface area contributed by atoms with E-state index >= 15 is 0 Å². The van der Waals surface area contributed by atoms with Crippen LogP contribution < -0.4 is 0 Å². The topological polar surface area (TPSA) is 30.8 Å². The highest BCUT2D eigenvalue weighted by Crippen LogP contribution is 2.12. The van der Waals surface area contributed by atoms with E-state index in [0.717, 1.165) is 41.7 Å². The molecule has 0 aliphatic heterocycles. The second-order valence-electron chi connectivity index (χ2n) is 5.53. The SMILES string of the molecule is CCCC/C(=N\OCc1ccccc1)c1ccc(COC)cc1. The summed E-state index contributed by atoms with van der Waals surface area (Å²) in [7, 11) is 1.71. The lowest BCUT2D eigenvalue weighted by atomic mass is 10.0. The van der Waals surface area contributed by atoms with E-state index in [1.54, 1.807) is 7.11 Å². The summed E-state index contributed by atoms with van der Waals surface area (Å²) >= 11 is 0. The van der Waals surface area contributed by atoms with Gasteiger partial charge in [-0.15, -0.1) is 0 Å². The van der Waals surface area contributed by atoms with Crippen molar-refractivity contribution >= 4 is 5.71 Å². The molecule has 0 radical (unpaired) electrons. The molecule has 0 bridgehead atoms. The maximum absolute atomic E-state index is 5.57. The van der Waals surface area contributed by atoms with Crippen LogP contribution >= 0.6 is 0 Å². The number of rotatable bonds is 9. The van der Waals surface area contributed by atoms with Gasteiger partial charge in [0.05, 0.1) is 12.3 Å². The van der Waals surface area contributed by atoms with Crippen LogP contribution in [0.5, 0.6) is 0 Å². The lowest BCUT2D eigenvalue weighted by molar-refractivity contribution is 0.130. The first kappa shape index (κ1) is 17.2. The van der Waals surface area contributed by atoms with Crippen molar-refractivity contribution in [1.29, 1.82) is 0 Å². The van der Waals surface area contributed by atoms with Crippen LogP contribution in [0.15, 0.2) is 59.8 Å². The Morgan fingerprint density at radius 3 is 2.26 bits per heavy atom. The second-order valence-corrected chi connectivity index (χ2v) is 5.53. The van der Waals surface area contributed by atoms with E-state index in [1.165, 1.54) is 0 Å². The van der Waals surface area contributed by atoms with E-state index in [4.69, 9.17) is 9.57 Å². The maximum atomic E-state index is 5.57. The average Bonchev–Trinajstić information content (AvgIpc) is 2.60. The Balaban J connectivity index is 2.04. The third-order valence-corrected chi connectivity index (χ3v) is 3.61. The van der Waals surface area contributed by atoms with E-state index < -0.39 is 0 Å². The minimum Gasteiger partial charge on any atom is -0.391 e. The van der Waals surface area contributed by atoms with Crippen LogP contribution in [-0.2, 0) is 22.8 Å². The highest BCUT2D eigenvalue weighted by molar-refractivity contribution is 6.00. The van der Waals surface area contributed by atoms with Gasteiger partial charge in [-0.3, -0.25) is 0 Å². The van der Waals surface area contributed by atoms with Gasteiger partial charge in [-0.2, -0.15) is 0 Å². The number of ether oxygens (including phenoxy) is 1. The van der Waals surface area contributed by atoms with Crippen molar-refractivity contribution < 1.29 is 9.57 Å². The minimum atomic E-state index is 0.498. The third-order valence-electron chi connectivity index (χ3n) is 3.61. The molecule has 23 heavy (non-hydrogen) atoms. The Bertz CT molecular complexity index is 591. The van der Waals surface area contributed by atoms with Gasteiger partial charge in [-0.25, -0.2) is 0 Å². The summed E-state index contributed by atoms with van der Waals surface area (Å²) in [6.45, 7) is 3.31. The minimum absolute atomic E-state index is 0.498. The third kappa shape index (κ3) is 5.87. The van der Waals surface area contributed by atoms with Crippen LogP contribution in [0.4, 0.5) is 0 Å². The van der Waals surface area contributed by atoms with E-state index in [2.05, 4.69) is 36.3 Å². The van der Waals surface area contributed by atoms with Gasteiger partial charge in [-0.05, 0) is 29.5 Å². The molecule has 0 N–H and O–H groups in total. The lowest BCUT2D eigenvalue weighted by Gasteiger charge is -2.08. The number of oxime groups is 1. The molecule has 0 heterocycles. The molecule has 0 atom stereocenters. The number of unbranched alkanes of at least 4 members (excludes halogenated alkanes) is 1. The zero-order valence-corrected chi connectivity index (χ0v) is 14.0. The van der Waals surface area contributed by atoms with E-state index in [9.17, 15) is 0 Å². The first-order valence-corrected chi connectivity index (χ1v) is 8.14. The monoisotopic (exact) mass is 311 g/mol. The fourth-order valence-electron chi connectivity index (χ4n) is 2.31. The predicted molar refractivity (Wildman–Crippen MR) is 94.4 cm³/mol. The first-order valence-electron chi connectivity index (χ1n) is 8.14. The molecular weight excluding hydrogens is 286 g/mol. The molecule has 0 aliphatic rings. The first-order chi connectivity index (χ1) is 11.3. The Morgan fingerprint density at radius 1 is 0.913 bits per heavy atom. The van der Waals surface area contributed by atoms with Crippen molar-refractivity contribution in [1.82, 2.24) is 0 Å². The van der Waals surface area contributed by atoms with Gasteiger partial charge < -0.3 is 9.57 Å². The molecule has 3 nitrogen and oxygen atoms in total. The fourth-order valence-corrected chi connectivity index (χ4v) is 2.31. The van der Waals surface area contributed by atoms with E-state index in [0.29, 0.717) is 13.2 Å². The smallest absolute Gasteiger partial charge is 0.142 e. The standard InChI is InChI=1S/C20H25NO2/c1-3-4-10-20(19-13-11-18(12-14-19)15-22-2)21-23-16-17-8-6-5-7-9-17/h5-9,11-14H,3-4,10,15-16H2,1-2H3/b21-20+. The maximum Gasteiger partial charge on any atom is 0.142 e. The molecule has 0 aliphatic carbocycles. The highest BCUT2D eigenvalue weighted by atomic mass is 16.6. The van der Waals surface area contributed by atoms with Gasteiger partial charge in [0, 0.05) is 7.11 Å². The zero-order chi connectivity index (χ0) is 16.3. The Morgan fingerprint density at radius 2 is 1.61 bits per heavy atom. The fraction of sp³-hybridized carbons (Fsp3) is 0.350. The second kappa shape index (κ2) is 9.80. The summed E-state index contributed by atoms with van der Waals surface area (Å²) in [5.41, 5.74) is 4.41. The van der Waals surface area contributed by atoms with Crippen molar-refractivity contribution in [2.45, 2.75) is 39.4 Å². The molecule has 2 rings (SSSR count). The summed E-state index contributed by atoms with van der Waals surface area (Å²) in [5.74, 6) is 0. The van der Waals surface area contributed by atoms with Crippen LogP contribution in [0.2, 0.25) is 0 Å². The molecule has 3 heteroatoms. The number of hydrogen-bond donors (Lipinski definition) is 0. The van der Waals surface area contributed by atoms with Gasteiger partial charge in [0.2, 0.25) is 0 Å². The summed E-state index contributed by atoms with van der Waals surface area (Å²) in [5, 5.41) is 4.39. The van der Waals surface area contributed by atoms with Crippen molar-refractivity contribution in [2.24, 2.45) is 5.16 Å². The van der Waals surface area contributed by atoms with Crippen LogP contribution in [0, 0.1) is 0 Å². The molecule has 0 unspecified atom stereocenters. The molecule has 0 saturated heterocycles. The zero-order valence-electron chi connectivity index (χ0n) is 14.0. The summed E-state index contributed by atoms with van der Waals surface area (Å²) in [6, 6.07) is 18.4. The summed E-state index contributed by atoms with van der Waals surface area (Å²) in [4.78, 5) is 5.57. The number of hydrogen-bond acceptors (Lipinski definition) is 3. The Hall–Kier alpha value is -2.13. The molecule has 0 spiro atoms. The van der Waals surface area contributed by atoms with E-state index in [1.807, 2.05) is 30.3 Å². The molecule has 0 fully saturated rings. The van der Waals surface area contributed by atoms with Crippen molar-refractivity contribution in [2.75, 3.05) is 7.11 Å². The van der Waals surface area contributed by atoms with Crippen molar-refractivity contribution in [3.63, 3.8) is 0 Å². The molecule has 2 aromatic rings. The molecule has 122 valence electrons. The number of methoxy groups -OCH3 is 1. The highest BCUT2D eigenvalue weighted by Gasteiger charge is 2.05. The quantitative estimate of drug-likeness (QED) is 0.485. The lowest BCUT2D eigenvalue weighted by Crippen LogP contribution is -2.03. The van der Waals surface area contributed by atoms with Crippen LogP contribution in [0.3, 0.4) is 0 Å². The average molecular weight is 311 g/mol. The summed E-state index contributed by atoms with van der Waals surface area (Å²) < 4.78 is 5.15. The number of benzene rings is 2. The van der Waals surface area contributed by atoms with Gasteiger partial charge in [0.25, 0.3) is 0 Å². The van der Waals surface area contributed by atoms with Crippen molar-refractivity contribution in [3.05, 3.63) is 71.3 Å². The molecular formula is C20H25NO2. The molecule has 0 aromatic heterocycles. The van der Waals surface area contributed by atoms with Gasteiger partial charge >= 0.3 is 0 Å². The van der Waals surface area contributed by atoms with Gasteiger partial charge in [0.15, 0.2) is 0 Å².